The van der Waals surface area contributed by atoms with E-state index >= 15 is 0 Å². The first-order valence-corrected chi connectivity index (χ1v) is 13.3. The Morgan fingerprint density at radius 2 is 1.78 bits per heavy atom. The van der Waals surface area contributed by atoms with Crippen molar-refractivity contribution in [3.63, 3.8) is 0 Å². The molecule has 116 valence electrons. The van der Waals surface area contributed by atoms with E-state index in [0.717, 1.165) is 0 Å². The van der Waals surface area contributed by atoms with Crippen LogP contribution in [0, 0.1) is 6.92 Å². The van der Waals surface area contributed by atoms with E-state index in [0.29, 0.717) is 15.0 Å². The van der Waals surface area contributed by atoms with Gasteiger partial charge in [-0.25, -0.2) is 0 Å². The molecule has 1 aromatic heterocycles. The molecule has 1 aliphatic heterocycles. The van der Waals surface area contributed by atoms with Gasteiger partial charge in [-0.2, -0.15) is 0 Å². The number of pyridine rings is 1. The van der Waals surface area contributed by atoms with Crippen LogP contribution in [0.3, 0.4) is 0 Å². The number of hydrogen-bond donors (Lipinski definition) is 0. The molecular formula is C20H22NSeSi+. The van der Waals surface area contributed by atoms with Gasteiger partial charge in [-0.3, -0.25) is 0 Å². The van der Waals surface area contributed by atoms with Gasteiger partial charge in [0, 0.05) is 0 Å². The van der Waals surface area contributed by atoms with Gasteiger partial charge in [-0.05, 0) is 0 Å². The van der Waals surface area contributed by atoms with E-state index in [1.54, 1.807) is 14.1 Å². The quantitative estimate of drug-likeness (QED) is 0.350. The minimum absolute atomic E-state index is 0.393. The summed E-state index contributed by atoms with van der Waals surface area (Å²) in [5, 5.41) is 4.51. The Bertz CT molecular complexity index is 954. The molecule has 0 N–H and O–H groups in total. The minimum atomic E-state index is -1.36. The average molecular weight is 383 g/mol. The first kappa shape index (κ1) is 15.1. The summed E-state index contributed by atoms with van der Waals surface area (Å²) in [6.45, 7) is 9.65. The van der Waals surface area contributed by atoms with Gasteiger partial charge in [0.25, 0.3) is 0 Å². The molecule has 0 amide bonds. The summed E-state index contributed by atoms with van der Waals surface area (Å²) in [6, 6.07) is 13.8. The Morgan fingerprint density at radius 3 is 2.52 bits per heavy atom. The zero-order valence-corrected chi connectivity index (χ0v) is 17.1. The molecule has 0 unspecified atom stereocenters. The van der Waals surface area contributed by atoms with Crippen LogP contribution in [0.25, 0.3) is 22.0 Å². The molecule has 0 radical (unpaired) electrons. The van der Waals surface area contributed by atoms with Crippen LogP contribution in [0.1, 0.15) is 5.56 Å². The molecule has 2 heterocycles. The number of aromatic nitrogens is 1. The monoisotopic (exact) mass is 384 g/mol. The van der Waals surface area contributed by atoms with Crippen molar-refractivity contribution in [2.24, 2.45) is 7.05 Å². The van der Waals surface area contributed by atoms with Gasteiger partial charge in [0.1, 0.15) is 0 Å². The fourth-order valence-corrected chi connectivity index (χ4v) is 9.66. The summed E-state index contributed by atoms with van der Waals surface area (Å²) in [5.74, 6) is 0. The Kier molecular flexibility index (Phi) is 3.32. The normalized spacial score (nSPS) is 13.3. The third kappa shape index (κ3) is 2.22. The van der Waals surface area contributed by atoms with Gasteiger partial charge in [-0.1, -0.05) is 0 Å². The van der Waals surface area contributed by atoms with Crippen LogP contribution in [-0.4, -0.2) is 23.0 Å². The van der Waals surface area contributed by atoms with Crippen LogP contribution in [0.15, 0.2) is 42.6 Å². The number of hydrogen-bond acceptors (Lipinski definition) is 0. The van der Waals surface area contributed by atoms with Gasteiger partial charge in [0.15, 0.2) is 0 Å². The third-order valence-corrected chi connectivity index (χ3v) is 9.66. The number of fused-ring (bicyclic) bond motifs is 2. The van der Waals surface area contributed by atoms with Crippen molar-refractivity contribution in [1.29, 1.82) is 0 Å². The Labute approximate surface area is 145 Å². The number of aryl methyl sites for hydroxylation is 2. The Balaban J connectivity index is 2.19. The summed E-state index contributed by atoms with van der Waals surface area (Å²) in [4.78, 5) is 0. The first-order valence-electron chi connectivity index (χ1n) is 8.11. The number of rotatable bonds is 1. The van der Waals surface area contributed by atoms with Crippen molar-refractivity contribution in [3.8, 4) is 11.3 Å². The van der Waals surface area contributed by atoms with Crippen molar-refractivity contribution in [3.05, 3.63) is 48.2 Å². The van der Waals surface area contributed by atoms with E-state index in [2.05, 4.69) is 80.8 Å². The molecule has 3 heteroatoms. The molecule has 4 rings (SSSR count). The van der Waals surface area contributed by atoms with Gasteiger partial charge < -0.3 is 0 Å². The summed E-state index contributed by atoms with van der Waals surface area (Å²) < 4.78 is 5.51. The fraction of sp³-hybridized carbons (Fsp3) is 0.250. The van der Waals surface area contributed by atoms with Crippen LogP contribution < -0.4 is 18.7 Å². The summed E-state index contributed by atoms with van der Waals surface area (Å²) >= 11 is 0.393. The maximum atomic E-state index is 2.46. The molecule has 1 nitrogen and oxygen atoms in total. The molecule has 0 aliphatic carbocycles. The van der Waals surface area contributed by atoms with Gasteiger partial charge in [-0.15, -0.1) is 0 Å². The van der Waals surface area contributed by atoms with Gasteiger partial charge in [0.05, 0.1) is 0 Å². The zero-order valence-electron chi connectivity index (χ0n) is 14.4. The molecule has 0 saturated heterocycles. The molecular weight excluding hydrogens is 361 g/mol. The molecule has 3 aromatic rings. The first-order chi connectivity index (χ1) is 10.9. The average Bonchev–Trinajstić information content (AvgIpc) is 2.49. The molecule has 0 atom stereocenters. The second-order valence-electron chi connectivity index (χ2n) is 7.48. The van der Waals surface area contributed by atoms with Crippen LogP contribution >= 0.6 is 0 Å². The van der Waals surface area contributed by atoms with Crippen LogP contribution in [0.4, 0.5) is 0 Å². The van der Waals surface area contributed by atoms with Crippen molar-refractivity contribution in [2.75, 3.05) is 0 Å². The Hall–Kier alpha value is -1.41. The molecule has 1 aliphatic rings. The number of nitrogens with zero attached hydrogens (tertiary/aromatic N) is 1. The molecule has 0 fully saturated rings. The molecule has 2 aromatic carbocycles. The third-order valence-electron chi connectivity index (χ3n) is 4.75. The van der Waals surface area contributed by atoms with E-state index < -0.39 is 8.07 Å². The molecule has 0 spiro atoms. The number of benzene rings is 2. The van der Waals surface area contributed by atoms with E-state index in [1.807, 2.05) is 0 Å². The van der Waals surface area contributed by atoms with Crippen molar-refractivity contribution in [2.45, 2.75) is 26.6 Å². The second-order valence-corrected chi connectivity index (χ2v) is 14.7. The van der Waals surface area contributed by atoms with Crippen molar-refractivity contribution >= 4 is 47.9 Å². The van der Waals surface area contributed by atoms with Crippen LogP contribution in [-0.2, 0) is 7.05 Å². The van der Waals surface area contributed by atoms with E-state index in [-0.39, 0.29) is 0 Å². The van der Waals surface area contributed by atoms with Crippen molar-refractivity contribution in [1.82, 2.24) is 0 Å². The summed E-state index contributed by atoms with van der Waals surface area (Å²) in [7, 11) is 0.848. The SMILES string of the molecule is Cc1ccc2cccc3c2c1-c1c(c([Si](C)(C)C)cc[n+]1C)[Se]3. The van der Waals surface area contributed by atoms with E-state index in [4.69, 9.17) is 0 Å². The fourth-order valence-electron chi connectivity index (χ4n) is 3.56. The van der Waals surface area contributed by atoms with Crippen LogP contribution in [0.5, 0.6) is 0 Å². The van der Waals surface area contributed by atoms with Gasteiger partial charge in [0.2, 0.25) is 0 Å². The molecule has 0 bridgehead atoms. The molecule has 23 heavy (non-hydrogen) atoms. The summed E-state index contributed by atoms with van der Waals surface area (Å²) in [6.07, 6.45) is 2.27. The van der Waals surface area contributed by atoms with Gasteiger partial charge >= 0.3 is 146 Å². The predicted molar refractivity (Wildman–Crippen MR) is 103 cm³/mol. The molecule has 0 saturated carbocycles. The standard InChI is InChI=1S/C20H22NSeSi/c1-13-9-10-14-7-6-8-15-18(14)17(13)19-20(22-15)16(23(3,4)5)11-12-21(19)2/h6-12H,1-5H3/q+1. The van der Waals surface area contributed by atoms with E-state index in [9.17, 15) is 0 Å². The van der Waals surface area contributed by atoms with E-state index in [1.165, 1.54) is 27.6 Å². The van der Waals surface area contributed by atoms with Crippen LogP contribution in [0.2, 0.25) is 19.6 Å². The predicted octanol–water partition coefficient (Wildman–Crippen LogP) is 2.15. The zero-order chi connectivity index (χ0) is 16.4. The maximum absolute atomic E-state index is 2.46. The Morgan fingerprint density at radius 1 is 1.00 bits per heavy atom. The second kappa shape index (κ2) is 5.04. The summed E-state index contributed by atoms with van der Waals surface area (Å²) in [5.41, 5.74) is 4.32. The topological polar surface area (TPSA) is 3.88 Å². The van der Waals surface area contributed by atoms with Crippen molar-refractivity contribution < 1.29 is 4.57 Å².